The topological polar surface area (TPSA) is 62.6 Å². The fourth-order valence-electron chi connectivity index (χ4n) is 1.40. The predicted molar refractivity (Wildman–Crippen MR) is 55.5 cm³/mol. The Kier molecular flexibility index (Phi) is 2.53. The van der Waals surface area contributed by atoms with Crippen LogP contribution in [-0.4, -0.2) is 22.3 Å². The second kappa shape index (κ2) is 3.84. The van der Waals surface area contributed by atoms with Crippen LogP contribution in [0.5, 0.6) is 5.75 Å². The summed E-state index contributed by atoms with van der Waals surface area (Å²) in [6.07, 6.45) is 0.165. The van der Waals surface area contributed by atoms with Crippen molar-refractivity contribution in [1.82, 2.24) is 4.98 Å². The third kappa shape index (κ3) is 1.91. The summed E-state index contributed by atoms with van der Waals surface area (Å²) in [7, 11) is 1.56. The lowest BCUT2D eigenvalue weighted by molar-refractivity contribution is -0.0423. The molecule has 1 heterocycles. The maximum Gasteiger partial charge on any atom is 0.178 e. The number of nitrogens with zero attached hydrogens (tertiary/aromatic N) is 1. The first-order valence-corrected chi connectivity index (χ1v) is 4.50. The Labute approximate surface area is 86.8 Å². The van der Waals surface area contributed by atoms with Gasteiger partial charge in [-0.25, -0.2) is 0 Å². The molecule has 0 spiro atoms. The number of aliphatic hydroxyl groups is 2. The van der Waals surface area contributed by atoms with Gasteiger partial charge in [-0.3, -0.25) is 4.98 Å². The largest absolute Gasteiger partial charge is 0.495 e. The summed E-state index contributed by atoms with van der Waals surface area (Å²) >= 11 is 0. The van der Waals surface area contributed by atoms with Crippen molar-refractivity contribution < 1.29 is 14.9 Å². The van der Waals surface area contributed by atoms with Gasteiger partial charge in [0.25, 0.3) is 0 Å². The van der Waals surface area contributed by atoms with Gasteiger partial charge in [-0.15, -0.1) is 0 Å². The molecule has 4 heteroatoms. The van der Waals surface area contributed by atoms with Gasteiger partial charge in [0, 0.05) is 10.9 Å². The molecule has 0 aliphatic rings. The summed E-state index contributed by atoms with van der Waals surface area (Å²) < 4.78 is 5.04. The SMILES string of the molecule is COc1cnc2ccc(C(O)O)cc2c1. The van der Waals surface area contributed by atoms with Crippen molar-refractivity contribution in [3.63, 3.8) is 0 Å². The number of benzene rings is 1. The van der Waals surface area contributed by atoms with Gasteiger partial charge in [-0.05, 0) is 18.2 Å². The van der Waals surface area contributed by atoms with E-state index in [-0.39, 0.29) is 0 Å². The maximum atomic E-state index is 9.01. The minimum Gasteiger partial charge on any atom is -0.495 e. The van der Waals surface area contributed by atoms with Crippen LogP contribution in [0.15, 0.2) is 30.5 Å². The van der Waals surface area contributed by atoms with Crippen molar-refractivity contribution in [1.29, 1.82) is 0 Å². The van der Waals surface area contributed by atoms with Crippen molar-refractivity contribution in [3.05, 3.63) is 36.0 Å². The first kappa shape index (κ1) is 9.89. The Bertz CT molecular complexity index is 482. The number of methoxy groups -OCH3 is 1. The van der Waals surface area contributed by atoms with Crippen molar-refractivity contribution in [2.75, 3.05) is 7.11 Å². The number of pyridine rings is 1. The zero-order valence-electron chi connectivity index (χ0n) is 8.21. The van der Waals surface area contributed by atoms with E-state index in [0.29, 0.717) is 11.3 Å². The summed E-state index contributed by atoms with van der Waals surface area (Å²) in [6.45, 7) is 0. The second-order valence-electron chi connectivity index (χ2n) is 3.20. The summed E-state index contributed by atoms with van der Waals surface area (Å²) in [5.41, 5.74) is 1.23. The molecule has 2 rings (SSSR count). The normalized spacial score (nSPS) is 10.9. The van der Waals surface area contributed by atoms with Crippen LogP contribution < -0.4 is 4.74 Å². The van der Waals surface area contributed by atoms with Gasteiger partial charge >= 0.3 is 0 Å². The molecule has 2 N–H and O–H groups in total. The molecular weight excluding hydrogens is 194 g/mol. The van der Waals surface area contributed by atoms with Crippen LogP contribution >= 0.6 is 0 Å². The van der Waals surface area contributed by atoms with Crippen molar-refractivity contribution in [3.8, 4) is 5.75 Å². The van der Waals surface area contributed by atoms with Gasteiger partial charge < -0.3 is 14.9 Å². The van der Waals surface area contributed by atoms with Crippen molar-refractivity contribution >= 4 is 10.9 Å². The predicted octanol–water partition coefficient (Wildman–Crippen LogP) is 1.23. The monoisotopic (exact) mass is 205 g/mol. The summed E-state index contributed by atoms with van der Waals surface area (Å²) in [6, 6.07) is 6.85. The number of ether oxygens (including phenoxy) is 1. The second-order valence-corrected chi connectivity index (χ2v) is 3.20. The van der Waals surface area contributed by atoms with Crippen LogP contribution in [-0.2, 0) is 0 Å². The van der Waals surface area contributed by atoms with E-state index in [1.165, 1.54) is 0 Å². The van der Waals surface area contributed by atoms with E-state index in [1.807, 2.05) is 0 Å². The minimum absolute atomic E-state index is 0.442. The van der Waals surface area contributed by atoms with Crippen LogP contribution in [0.25, 0.3) is 10.9 Å². The zero-order chi connectivity index (χ0) is 10.8. The van der Waals surface area contributed by atoms with Crippen LogP contribution in [0.4, 0.5) is 0 Å². The zero-order valence-corrected chi connectivity index (χ0v) is 8.21. The molecule has 0 bridgehead atoms. The fourth-order valence-corrected chi connectivity index (χ4v) is 1.40. The minimum atomic E-state index is -1.46. The third-order valence-electron chi connectivity index (χ3n) is 2.21. The number of hydrogen-bond acceptors (Lipinski definition) is 4. The highest BCUT2D eigenvalue weighted by atomic mass is 16.5. The van der Waals surface area contributed by atoms with Crippen LogP contribution in [0.1, 0.15) is 11.9 Å². The smallest absolute Gasteiger partial charge is 0.178 e. The molecule has 0 radical (unpaired) electrons. The van der Waals surface area contributed by atoms with E-state index in [1.54, 1.807) is 37.6 Å². The molecule has 0 saturated carbocycles. The first-order valence-electron chi connectivity index (χ1n) is 4.50. The molecule has 0 atom stereocenters. The van der Waals surface area contributed by atoms with Gasteiger partial charge in [0.2, 0.25) is 0 Å². The average Bonchev–Trinajstić information content (AvgIpc) is 2.27. The lowest BCUT2D eigenvalue weighted by Crippen LogP contribution is -1.94. The van der Waals surface area contributed by atoms with E-state index >= 15 is 0 Å². The Morgan fingerprint density at radius 2 is 2.07 bits per heavy atom. The molecule has 0 fully saturated rings. The highest BCUT2D eigenvalue weighted by Crippen LogP contribution is 2.21. The fraction of sp³-hybridized carbons (Fsp3) is 0.182. The lowest BCUT2D eigenvalue weighted by Gasteiger charge is -2.06. The van der Waals surface area contributed by atoms with Gasteiger partial charge in [0.1, 0.15) is 5.75 Å². The number of hydrogen-bond donors (Lipinski definition) is 2. The van der Waals surface area contributed by atoms with Gasteiger partial charge in [-0.1, -0.05) is 6.07 Å². The van der Waals surface area contributed by atoms with Gasteiger partial charge in [-0.2, -0.15) is 0 Å². The molecule has 0 unspecified atom stereocenters. The number of rotatable bonds is 2. The number of aliphatic hydroxyl groups excluding tert-OH is 1. The van der Waals surface area contributed by atoms with E-state index in [0.717, 1.165) is 10.9 Å². The maximum absolute atomic E-state index is 9.01. The van der Waals surface area contributed by atoms with E-state index < -0.39 is 6.29 Å². The average molecular weight is 205 g/mol. The highest BCUT2D eigenvalue weighted by Gasteiger charge is 2.04. The van der Waals surface area contributed by atoms with Gasteiger partial charge in [0.05, 0.1) is 18.8 Å². The van der Waals surface area contributed by atoms with Gasteiger partial charge in [0.15, 0.2) is 6.29 Å². The molecule has 1 aromatic heterocycles. The molecule has 15 heavy (non-hydrogen) atoms. The summed E-state index contributed by atoms with van der Waals surface area (Å²) in [5, 5.41) is 18.8. The van der Waals surface area contributed by atoms with Crippen LogP contribution in [0.3, 0.4) is 0 Å². The molecule has 0 saturated heterocycles. The molecule has 0 aliphatic carbocycles. The molecular formula is C11H11NO3. The van der Waals surface area contributed by atoms with Crippen molar-refractivity contribution in [2.24, 2.45) is 0 Å². The van der Waals surface area contributed by atoms with Crippen LogP contribution in [0.2, 0.25) is 0 Å². The Hall–Kier alpha value is -1.65. The van der Waals surface area contributed by atoms with E-state index in [2.05, 4.69) is 4.98 Å². The third-order valence-corrected chi connectivity index (χ3v) is 2.21. The molecule has 0 aliphatic heterocycles. The van der Waals surface area contributed by atoms with E-state index in [9.17, 15) is 0 Å². The first-order chi connectivity index (χ1) is 7.20. The Morgan fingerprint density at radius 1 is 1.27 bits per heavy atom. The number of fused-ring (bicyclic) bond motifs is 1. The molecule has 0 amide bonds. The molecule has 1 aromatic carbocycles. The molecule has 4 nitrogen and oxygen atoms in total. The Balaban J connectivity index is 2.57. The van der Waals surface area contributed by atoms with Crippen molar-refractivity contribution in [2.45, 2.75) is 6.29 Å². The molecule has 78 valence electrons. The van der Waals surface area contributed by atoms with Crippen LogP contribution in [0, 0.1) is 0 Å². The standard InChI is InChI=1S/C11H11NO3/c1-15-9-5-8-4-7(11(13)14)2-3-10(8)12-6-9/h2-6,11,13-14H,1H3. The Morgan fingerprint density at radius 3 is 2.73 bits per heavy atom. The quantitative estimate of drug-likeness (QED) is 0.724. The molecule has 2 aromatic rings. The van der Waals surface area contributed by atoms with E-state index in [4.69, 9.17) is 14.9 Å². The number of aromatic nitrogens is 1. The summed E-state index contributed by atoms with van der Waals surface area (Å²) in [4.78, 5) is 4.16. The highest BCUT2D eigenvalue weighted by molar-refractivity contribution is 5.80. The lowest BCUT2D eigenvalue weighted by atomic mass is 10.1. The summed E-state index contributed by atoms with van der Waals surface area (Å²) in [5.74, 6) is 0.645.